The highest BCUT2D eigenvalue weighted by Crippen LogP contribution is 2.26. The molecule has 4 heteroatoms. The van der Waals surface area contributed by atoms with Gasteiger partial charge in [0.2, 0.25) is 0 Å². The lowest BCUT2D eigenvalue weighted by atomic mass is 10.1. The second-order valence-electron chi connectivity index (χ2n) is 5.26. The van der Waals surface area contributed by atoms with Crippen LogP contribution < -0.4 is 15.2 Å². The molecule has 0 spiro atoms. The van der Waals surface area contributed by atoms with Gasteiger partial charge in [0.1, 0.15) is 11.5 Å². The summed E-state index contributed by atoms with van der Waals surface area (Å²) in [7, 11) is 0. The van der Waals surface area contributed by atoms with E-state index in [-0.39, 0.29) is 6.04 Å². The second kappa shape index (κ2) is 10.1. The normalized spacial score (nSPS) is 11.7. The van der Waals surface area contributed by atoms with E-state index in [2.05, 4.69) is 13.0 Å². The van der Waals surface area contributed by atoms with Crippen LogP contribution in [0.2, 0.25) is 0 Å². The van der Waals surface area contributed by atoms with E-state index in [1.54, 1.807) is 0 Å². The molecule has 0 heterocycles. The van der Waals surface area contributed by atoms with Gasteiger partial charge in [-0.05, 0) is 44.2 Å². The molecule has 0 saturated carbocycles. The van der Waals surface area contributed by atoms with E-state index >= 15 is 0 Å². The van der Waals surface area contributed by atoms with Crippen molar-refractivity contribution in [3.63, 3.8) is 0 Å². The number of hydrogen-bond acceptors (Lipinski definition) is 4. The van der Waals surface area contributed by atoms with Gasteiger partial charge in [-0.3, -0.25) is 0 Å². The summed E-state index contributed by atoms with van der Waals surface area (Å²) in [6.45, 7) is 5.38. The fourth-order valence-corrected chi connectivity index (χ4v) is 1.98. The summed E-state index contributed by atoms with van der Waals surface area (Å²) in [6.07, 6.45) is 4.08. The third-order valence-electron chi connectivity index (χ3n) is 2.99. The number of nitriles is 1. The van der Waals surface area contributed by atoms with Gasteiger partial charge in [-0.1, -0.05) is 13.0 Å². The van der Waals surface area contributed by atoms with Crippen molar-refractivity contribution in [1.82, 2.24) is 0 Å². The molecule has 1 rings (SSSR count). The predicted molar refractivity (Wildman–Crippen MR) is 84.5 cm³/mol. The number of nitrogens with zero attached hydrogens (tertiary/aromatic N) is 1. The second-order valence-corrected chi connectivity index (χ2v) is 5.26. The Morgan fingerprint density at radius 1 is 1.24 bits per heavy atom. The Balaban J connectivity index is 2.67. The molecule has 0 aliphatic carbocycles. The fraction of sp³-hybridized carbons (Fsp3) is 0.588. The molecule has 1 aromatic rings. The average Bonchev–Trinajstić information content (AvgIpc) is 2.46. The Bertz CT molecular complexity index is 453. The van der Waals surface area contributed by atoms with E-state index in [0.29, 0.717) is 19.6 Å². The first-order chi connectivity index (χ1) is 10.2. The molecule has 0 aliphatic heterocycles. The molecule has 1 aromatic carbocycles. The zero-order chi connectivity index (χ0) is 15.5. The third kappa shape index (κ3) is 7.01. The maximum Gasteiger partial charge on any atom is 0.126 e. The Morgan fingerprint density at radius 2 is 2.05 bits per heavy atom. The molecule has 0 bridgehead atoms. The van der Waals surface area contributed by atoms with Crippen LogP contribution in [-0.4, -0.2) is 19.3 Å². The molecule has 1 atom stereocenters. The minimum Gasteiger partial charge on any atom is -0.493 e. The van der Waals surface area contributed by atoms with Crippen LogP contribution >= 0.6 is 0 Å². The molecule has 0 amide bonds. The van der Waals surface area contributed by atoms with E-state index in [0.717, 1.165) is 42.7 Å². The highest BCUT2D eigenvalue weighted by atomic mass is 16.5. The Hall–Kier alpha value is -1.73. The van der Waals surface area contributed by atoms with Gasteiger partial charge in [-0.2, -0.15) is 5.26 Å². The molecular weight excluding hydrogens is 264 g/mol. The van der Waals surface area contributed by atoms with Crippen LogP contribution in [0.5, 0.6) is 11.5 Å². The van der Waals surface area contributed by atoms with Crippen molar-refractivity contribution in [1.29, 1.82) is 5.26 Å². The predicted octanol–water partition coefficient (Wildman–Crippen LogP) is 3.44. The van der Waals surface area contributed by atoms with Gasteiger partial charge in [-0.25, -0.2) is 0 Å². The van der Waals surface area contributed by atoms with Gasteiger partial charge >= 0.3 is 0 Å². The van der Waals surface area contributed by atoms with Gasteiger partial charge in [-0.15, -0.1) is 0 Å². The van der Waals surface area contributed by atoms with Gasteiger partial charge < -0.3 is 15.2 Å². The van der Waals surface area contributed by atoms with E-state index in [4.69, 9.17) is 20.5 Å². The molecule has 0 aliphatic rings. The number of nitrogens with two attached hydrogens (primary N) is 1. The minimum atomic E-state index is 0.0911. The van der Waals surface area contributed by atoms with Crippen LogP contribution in [0.15, 0.2) is 18.2 Å². The number of hydrogen-bond donors (Lipinski definition) is 1. The van der Waals surface area contributed by atoms with Crippen molar-refractivity contribution >= 4 is 0 Å². The van der Waals surface area contributed by atoms with Gasteiger partial charge in [0.15, 0.2) is 0 Å². The monoisotopic (exact) mass is 290 g/mol. The Morgan fingerprint density at radius 3 is 2.71 bits per heavy atom. The van der Waals surface area contributed by atoms with E-state index in [9.17, 15) is 0 Å². The fourth-order valence-electron chi connectivity index (χ4n) is 1.98. The van der Waals surface area contributed by atoms with Crippen LogP contribution in [0.25, 0.3) is 0 Å². The zero-order valence-electron chi connectivity index (χ0n) is 13.1. The molecule has 1 unspecified atom stereocenters. The largest absolute Gasteiger partial charge is 0.493 e. The van der Waals surface area contributed by atoms with E-state index in [1.165, 1.54) is 0 Å². The molecule has 0 saturated heterocycles. The molecule has 0 aromatic heterocycles. The minimum absolute atomic E-state index is 0.0911. The lowest BCUT2D eigenvalue weighted by Crippen LogP contribution is -2.18. The van der Waals surface area contributed by atoms with Crippen molar-refractivity contribution in [3.05, 3.63) is 23.8 Å². The van der Waals surface area contributed by atoms with E-state index in [1.807, 2.05) is 25.1 Å². The topological polar surface area (TPSA) is 68.3 Å². The van der Waals surface area contributed by atoms with Crippen LogP contribution in [0.1, 0.15) is 45.1 Å². The molecule has 21 heavy (non-hydrogen) atoms. The summed E-state index contributed by atoms with van der Waals surface area (Å²) in [5, 5.41) is 8.52. The summed E-state index contributed by atoms with van der Waals surface area (Å²) in [5.74, 6) is 1.68. The van der Waals surface area contributed by atoms with Crippen molar-refractivity contribution in [2.24, 2.45) is 5.73 Å². The number of rotatable bonds is 10. The zero-order valence-corrected chi connectivity index (χ0v) is 13.1. The van der Waals surface area contributed by atoms with Crippen LogP contribution in [0, 0.1) is 11.3 Å². The highest BCUT2D eigenvalue weighted by Gasteiger charge is 2.08. The summed E-state index contributed by atoms with van der Waals surface area (Å²) >= 11 is 0. The maximum absolute atomic E-state index is 8.52. The van der Waals surface area contributed by atoms with E-state index < -0.39 is 0 Å². The van der Waals surface area contributed by atoms with Crippen LogP contribution in [0.3, 0.4) is 0 Å². The summed E-state index contributed by atoms with van der Waals surface area (Å²) in [5.41, 5.74) is 6.99. The number of unbranched alkanes of at least 4 members (excludes halogenated alkanes) is 2. The van der Waals surface area contributed by atoms with Crippen molar-refractivity contribution in [3.8, 4) is 17.6 Å². The quantitative estimate of drug-likeness (QED) is 0.670. The van der Waals surface area contributed by atoms with Crippen LogP contribution in [0.4, 0.5) is 0 Å². The summed E-state index contributed by atoms with van der Waals surface area (Å²) < 4.78 is 11.5. The van der Waals surface area contributed by atoms with Gasteiger partial charge in [0.25, 0.3) is 0 Å². The molecule has 0 fully saturated rings. The molecule has 0 radical (unpaired) electrons. The smallest absolute Gasteiger partial charge is 0.126 e. The lowest BCUT2D eigenvalue weighted by molar-refractivity contribution is 0.293. The maximum atomic E-state index is 8.52. The standard InChI is InChI=1S/C17H26N2O2/c1-3-10-20-16-8-7-15(12-14(2)19)17(13-16)21-11-6-4-5-9-18/h7-8,13-14H,3-6,10-12,19H2,1-2H3. The molecule has 116 valence electrons. The molecule has 4 nitrogen and oxygen atoms in total. The lowest BCUT2D eigenvalue weighted by Gasteiger charge is -2.15. The van der Waals surface area contributed by atoms with Gasteiger partial charge in [0.05, 0.1) is 19.3 Å². The Kier molecular flexibility index (Phi) is 8.30. The van der Waals surface area contributed by atoms with Crippen LogP contribution in [-0.2, 0) is 6.42 Å². The summed E-state index contributed by atoms with van der Waals surface area (Å²) in [6, 6.07) is 8.17. The first-order valence-electron chi connectivity index (χ1n) is 7.68. The number of ether oxygens (including phenoxy) is 2. The van der Waals surface area contributed by atoms with Crippen molar-refractivity contribution < 1.29 is 9.47 Å². The first kappa shape index (κ1) is 17.3. The average molecular weight is 290 g/mol. The van der Waals surface area contributed by atoms with Crippen molar-refractivity contribution in [2.75, 3.05) is 13.2 Å². The van der Waals surface area contributed by atoms with Crippen molar-refractivity contribution in [2.45, 2.75) is 52.0 Å². The SMILES string of the molecule is CCCOc1ccc(CC(C)N)c(OCCCCC#N)c1. The number of benzene rings is 1. The highest BCUT2D eigenvalue weighted by molar-refractivity contribution is 5.41. The molecule has 2 N–H and O–H groups in total. The third-order valence-corrected chi connectivity index (χ3v) is 2.99. The van der Waals surface area contributed by atoms with Gasteiger partial charge in [0, 0.05) is 18.5 Å². The molecular formula is C17H26N2O2. The summed E-state index contributed by atoms with van der Waals surface area (Å²) in [4.78, 5) is 0. The first-order valence-corrected chi connectivity index (χ1v) is 7.68. The Labute approximate surface area is 127 Å².